The molecular formula is C20H18N4O2. The quantitative estimate of drug-likeness (QED) is 0.784. The van der Waals surface area contributed by atoms with Crippen molar-refractivity contribution in [1.82, 2.24) is 10.2 Å². The third-order valence-electron chi connectivity index (χ3n) is 4.39. The Kier molecular flexibility index (Phi) is 4.23. The van der Waals surface area contributed by atoms with Crippen LogP contribution in [0.5, 0.6) is 5.75 Å². The Labute approximate surface area is 151 Å². The lowest BCUT2D eigenvalue weighted by atomic mass is 10.2. The van der Waals surface area contributed by atoms with Gasteiger partial charge in [-0.05, 0) is 48.4 Å². The van der Waals surface area contributed by atoms with E-state index in [9.17, 15) is 4.79 Å². The van der Waals surface area contributed by atoms with E-state index in [2.05, 4.69) is 32.5 Å². The molecule has 0 radical (unpaired) electrons. The molecular weight excluding hydrogens is 328 g/mol. The standard InChI is InChI=1S/C20H18N4O2/c1-26-16-7-4-6-15(13-16)20(25)21-18-9-10-19(23-22-18)24-12-11-14-5-2-3-8-17(14)24/h2-10,13H,11-12H2,1H3,(H,21,22,25). The molecule has 0 aliphatic carbocycles. The van der Waals surface area contributed by atoms with Crippen LogP contribution in [0.2, 0.25) is 0 Å². The van der Waals surface area contributed by atoms with Crippen molar-refractivity contribution in [3.05, 3.63) is 71.8 Å². The molecule has 26 heavy (non-hydrogen) atoms. The average molecular weight is 346 g/mol. The largest absolute Gasteiger partial charge is 0.497 e. The molecule has 6 heteroatoms. The van der Waals surface area contributed by atoms with Crippen LogP contribution >= 0.6 is 0 Å². The van der Waals surface area contributed by atoms with Gasteiger partial charge in [0.25, 0.3) is 5.91 Å². The van der Waals surface area contributed by atoms with Gasteiger partial charge in [0, 0.05) is 17.8 Å². The van der Waals surface area contributed by atoms with E-state index in [0.717, 1.165) is 24.5 Å². The minimum absolute atomic E-state index is 0.252. The monoisotopic (exact) mass is 346 g/mol. The number of amides is 1. The van der Waals surface area contributed by atoms with Crippen molar-refractivity contribution in [2.45, 2.75) is 6.42 Å². The number of carbonyl (C=O) groups is 1. The van der Waals surface area contributed by atoms with Crippen LogP contribution in [0.1, 0.15) is 15.9 Å². The van der Waals surface area contributed by atoms with Crippen LogP contribution in [-0.2, 0) is 6.42 Å². The Morgan fingerprint density at radius 3 is 2.77 bits per heavy atom. The van der Waals surface area contributed by atoms with Crippen LogP contribution in [0.15, 0.2) is 60.7 Å². The van der Waals surface area contributed by atoms with Gasteiger partial charge in [-0.25, -0.2) is 0 Å². The van der Waals surface area contributed by atoms with E-state index in [1.807, 2.05) is 18.2 Å². The third kappa shape index (κ3) is 3.09. The fourth-order valence-corrected chi connectivity index (χ4v) is 3.06. The Hall–Kier alpha value is -3.41. The zero-order valence-electron chi connectivity index (χ0n) is 14.3. The number of fused-ring (bicyclic) bond motifs is 1. The Balaban J connectivity index is 1.49. The molecule has 0 bridgehead atoms. The summed E-state index contributed by atoms with van der Waals surface area (Å²) in [6, 6.07) is 18.9. The van der Waals surface area contributed by atoms with Gasteiger partial charge in [-0.2, -0.15) is 0 Å². The molecule has 1 amide bonds. The minimum Gasteiger partial charge on any atom is -0.497 e. The molecule has 3 aromatic rings. The molecule has 4 rings (SSSR count). The van der Waals surface area contributed by atoms with Gasteiger partial charge in [-0.1, -0.05) is 24.3 Å². The first kappa shape index (κ1) is 16.1. The number of para-hydroxylation sites is 1. The molecule has 1 aliphatic heterocycles. The van der Waals surface area contributed by atoms with E-state index < -0.39 is 0 Å². The molecule has 0 saturated heterocycles. The van der Waals surface area contributed by atoms with E-state index in [-0.39, 0.29) is 5.91 Å². The lowest BCUT2D eigenvalue weighted by molar-refractivity contribution is 0.102. The van der Waals surface area contributed by atoms with Gasteiger partial charge in [0.15, 0.2) is 11.6 Å². The summed E-state index contributed by atoms with van der Waals surface area (Å²) in [5, 5.41) is 11.2. The Morgan fingerprint density at radius 1 is 1.08 bits per heavy atom. The maximum Gasteiger partial charge on any atom is 0.256 e. The highest BCUT2D eigenvalue weighted by Crippen LogP contribution is 2.32. The highest BCUT2D eigenvalue weighted by Gasteiger charge is 2.21. The van der Waals surface area contributed by atoms with Crippen LogP contribution in [0, 0.1) is 0 Å². The van der Waals surface area contributed by atoms with Crippen LogP contribution in [-0.4, -0.2) is 29.8 Å². The van der Waals surface area contributed by atoms with Gasteiger partial charge in [0.2, 0.25) is 0 Å². The summed E-state index contributed by atoms with van der Waals surface area (Å²) in [7, 11) is 1.57. The van der Waals surface area contributed by atoms with E-state index >= 15 is 0 Å². The van der Waals surface area contributed by atoms with Gasteiger partial charge >= 0.3 is 0 Å². The van der Waals surface area contributed by atoms with E-state index in [0.29, 0.717) is 17.1 Å². The number of nitrogens with zero attached hydrogens (tertiary/aromatic N) is 3. The first-order chi connectivity index (χ1) is 12.7. The van der Waals surface area contributed by atoms with Gasteiger partial charge < -0.3 is 15.0 Å². The van der Waals surface area contributed by atoms with E-state index in [1.165, 1.54) is 5.56 Å². The number of hydrogen-bond donors (Lipinski definition) is 1. The maximum absolute atomic E-state index is 12.3. The second-order valence-corrected chi connectivity index (χ2v) is 5.99. The molecule has 0 saturated carbocycles. The predicted molar refractivity (Wildman–Crippen MR) is 100 cm³/mol. The topological polar surface area (TPSA) is 67.3 Å². The number of anilines is 3. The number of carbonyl (C=O) groups excluding carboxylic acids is 1. The van der Waals surface area contributed by atoms with Crippen molar-refractivity contribution in [2.75, 3.05) is 23.9 Å². The molecule has 6 nitrogen and oxygen atoms in total. The first-order valence-corrected chi connectivity index (χ1v) is 8.39. The summed E-state index contributed by atoms with van der Waals surface area (Å²) in [5.41, 5.74) is 2.98. The van der Waals surface area contributed by atoms with Crippen LogP contribution < -0.4 is 15.0 Å². The molecule has 1 aliphatic rings. The lowest BCUT2D eigenvalue weighted by Gasteiger charge is -2.17. The third-order valence-corrected chi connectivity index (χ3v) is 4.39. The van der Waals surface area contributed by atoms with Crippen molar-refractivity contribution < 1.29 is 9.53 Å². The Bertz CT molecular complexity index is 941. The molecule has 2 heterocycles. The zero-order chi connectivity index (χ0) is 17.9. The first-order valence-electron chi connectivity index (χ1n) is 8.39. The van der Waals surface area contributed by atoms with Gasteiger partial charge in [0.1, 0.15) is 5.75 Å². The van der Waals surface area contributed by atoms with Gasteiger partial charge in [0.05, 0.1) is 7.11 Å². The van der Waals surface area contributed by atoms with Crippen LogP contribution in [0.4, 0.5) is 17.3 Å². The molecule has 0 spiro atoms. The molecule has 1 N–H and O–H groups in total. The summed E-state index contributed by atoms with van der Waals surface area (Å²) in [5.74, 6) is 1.56. The summed E-state index contributed by atoms with van der Waals surface area (Å²) in [6.07, 6.45) is 0.992. The van der Waals surface area contributed by atoms with Crippen molar-refractivity contribution in [2.24, 2.45) is 0 Å². The number of hydrogen-bond acceptors (Lipinski definition) is 5. The molecule has 0 atom stereocenters. The molecule has 0 fully saturated rings. The summed E-state index contributed by atoms with van der Waals surface area (Å²) >= 11 is 0. The van der Waals surface area contributed by atoms with Gasteiger partial charge in [-0.15, -0.1) is 10.2 Å². The molecule has 0 unspecified atom stereocenters. The smallest absolute Gasteiger partial charge is 0.256 e. The van der Waals surface area contributed by atoms with Crippen molar-refractivity contribution in [3.8, 4) is 5.75 Å². The van der Waals surface area contributed by atoms with Crippen LogP contribution in [0.25, 0.3) is 0 Å². The van der Waals surface area contributed by atoms with Crippen molar-refractivity contribution in [3.63, 3.8) is 0 Å². The number of ether oxygens (including phenoxy) is 1. The molecule has 1 aromatic heterocycles. The lowest BCUT2D eigenvalue weighted by Crippen LogP contribution is -2.17. The number of methoxy groups -OCH3 is 1. The highest BCUT2D eigenvalue weighted by atomic mass is 16.5. The SMILES string of the molecule is COc1cccc(C(=O)Nc2ccc(N3CCc4ccccc43)nn2)c1. The second kappa shape index (κ2) is 6.84. The summed E-state index contributed by atoms with van der Waals surface area (Å²) in [4.78, 5) is 14.5. The van der Waals surface area contributed by atoms with Crippen molar-refractivity contribution in [1.29, 1.82) is 0 Å². The van der Waals surface area contributed by atoms with E-state index in [4.69, 9.17) is 4.74 Å². The summed E-state index contributed by atoms with van der Waals surface area (Å²) < 4.78 is 5.14. The number of benzene rings is 2. The van der Waals surface area contributed by atoms with Crippen molar-refractivity contribution >= 4 is 23.2 Å². The summed E-state index contributed by atoms with van der Waals surface area (Å²) in [6.45, 7) is 0.879. The van der Waals surface area contributed by atoms with E-state index in [1.54, 1.807) is 37.4 Å². The highest BCUT2D eigenvalue weighted by molar-refractivity contribution is 6.04. The fraction of sp³-hybridized carbons (Fsp3) is 0.150. The fourth-order valence-electron chi connectivity index (χ4n) is 3.06. The molecule has 130 valence electrons. The maximum atomic E-state index is 12.3. The zero-order valence-corrected chi connectivity index (χ0v) is 14.3. The predicted octanol–water partition coefficient (Wildman–Crippen LogP) is 3.43. The Morgan fingerprint density at radius 2 is 1.96 bits per heavy atom. The number of aromatic nitrogens is 2. The molecule has 2 aromatic carbocycles. The average Bonchev–Trinajstić information content (AvgIpc) is 3.13. The van der Waals surface area contributed by atoms with Gasteiger partial charge in [-0.3, -0.25) is 4.79 Å². The van der Waals surface area contributed by atoms with Crippen LogP contribution in [0.3, 0.4) is 0 Å². The normalized spacial score (nSPS) is 12.6. The number of nitrogens with one attached hydrogen (secondary N) is 1. The minimum atomic E-state index is -0.252. The number of rotatable bonds is 4. The second-order valence-electron chi connectivity index (χ2n) is 5.99.